The van der Waals surface area contributed by atoms with Crippen molar-refractivity contribution in [2.75, 3.05) is 19.8 Å². The van der Waals surface area contributed by atoms with Crippen LogP contribution in [-0.4, -0.2) is 44.3 Å². The molecule has 0 radical (unpaired) electrons. The van der Waals surface area contributed by atoms with Gasteiger partial charge in [-0.15, -0.1) is 0 Å². The normalized spacial score (nSPS) is 19.3. The number of rotatable bonds is 5. The topological polar surface area (TPSA) is 57.6 Å². The molecular formula is C18H29NO3S. The van der Waals surface area contributed by atoms with E-state index in [1.54, 1.807) is 24.3 Å². The Morgan fingerprint density at radius 1 is 1.09 bits per heavy atom. The molecule has 1 aromatic carbocycles. The van der Waals surface area contributed by atoms with E-state index in [1.807, 2.05) is 0 Å². The first-order chi connectivity index (χ1) is 10.9. The molecule has 0 bridgehead atoms. The highest BCUT2D eigenvalue weighted by Gasteiger charge is 2.19. The molecule has 1 N–H and O–H groups in total. The molecule has 130 valence electrons. The number of benzene rings is 1. The summed E-state index contributed by atoms with van der Waals surface area (Å²) < 4.78 is 23.0. The summed E-state index contributed by atoms with van der Waals surface area (Å²) in [4.78, 5) is 2.56. The van der Waals surface area contributed by atoms with Gasteiger partial charge in [0.1, 0.15) is 0 Å². The van der Waals surface area contributed by atoms with Crippen LogP contribution in [0.3, 0.4) is 0 Å². The van der Waals surface area contributed by atoms with Crippen LogP contribution in [0.25, 0.3) is 0 Å². The number of aliphatic hydroxyl groups is 1. The van der Waals surface area contributed by atoms with Crippen LogP contribution in [0, 0.1) is 0 Å². The van der Waals surface area contributed by atoms with E-state index >= 15 is 0 Å². The summed E-state index contributed by atoms with van der Waals surface area (Å²) in [6.45, 7) is 0.586. The van der Waals surface area contributed by atoms with E-state index in [9.17, 15) is 13.5 Å². The van der Waals surface area contributed by atoms with E-state index in [0.29, 0.717) is 17.5 Å². The number of likely N-dealkylation sites (N-methyl/N-ethyl adjacent to an activating group) is 1. The average molecular weight is 340 g/mol. The summed E-state index contributed by atoms with van der Waals surface area (Å²) in [5.74, 6) is 0. The van der Waals surface area contributed by atoms with E-state index in [-0.39, 0.29) is 0 Å². The third-order valence-corrected chi connectivity index (χ3v) is 5.98. The van der Waals surface area contributed by atoms with Crippen molar-refractivity contribution in [3.63, 3.8) is 0 Å². The standard InChI is InChI=1S/C18H29NO3S/c1-19(16-8-6-4-3-5-7-9-16)14-18(20)15-10-12-17(13-11-15)23(2,21)22/h10-13,16,18,20H,3-9,14H2,1-2H3. The van der Waals surface area contributed by atoms with Crippen LogP contribution < -0.4 is 0 Å². The number of nitrogens with zero attached hydrogens (tertiary/aromatic N) is 1. The third-order valence-electron chi connectivity index (χ3n) is 4.85. The van der Waals surface area contributed by atoms with Crippen LogP contribution in [0.4, 0.5) is 0 Å². The van der Waals surface area contributed by atoms with E-state index in [2.05, 4.69) is 11.9 Å². The Hall–Kier alpha value is -0.910. The zero-order valence-electron chi connectivity index (χ0n) is 14.2. The zero-order valence-corrected chi connectivity index (χ0v) is 15.1. The van der Waals surface area contributed by atoms with Crippen molar-refractivity contribution in [3.05, 3.63) is 29.8 Å². The highest BCUT2D eigenvalue weighted by Crippen LogP contribution is 2.23. The number of hydrogen-bond acceptors (Lipinski definition) is 4. The van der Waals surface area contributed by atoms with Crippen LogP contribution in [-0.2, 0) is 9.84 Å². The Balaban J connectivity index is 1.95. The smallest absolute Gasteiger partial charge is 0.175 e. The van der Waals surface area contributed by atoms with Crippen molar-refractivity contribution in [1.29, 1.82) is 0 Å². The largest absolute Gasteiger partial charge is 0.387 e. The second kappa shape index (κ2) is 8.27. The lowest BCUT2D eigenvalue weighted by Gasteiger charge is -2.31. The fraction of sp³-hybridized carbons (Fsp3) is 0.667. The molecule has 1 aliphatic carbocycles. The maximum absolute atomic E-state index is 11.5. The van der Waals surface area contributed by atoms with Gasteiger partial charge < -0.3 is 10.0 Å². The maximum atomic E-state index is 11.5. The number of hydrogen-bond donors (Lipinski definition) is 1. The van der Waals surface area contributed by atoms with Gasteiger partial charge in [-0.3, -0.25) is 0 Å². The van der Waals surface area contributed by atoms with E-state index in [0.717, 1.165) is 5.56 Å². The molecule has 23 heavy (non-hydrogen) atoms. The van der Waals surface area contributed by atoms with Crippen molar-refractivity contribution in [2.24, 2.45) is 0 Å². The SMILES string of the molecule is CN(CC(O)c1ccc(S(C)(=O)=O)cc1)C1CCCCCCC1. The van der Waals surface area contributed by atoms with Gasteiger partial charge in [0.2, 0.25) is 0 Å². The van der Waals surface area contributed by atoms with Crippen molar-refractivity contribution in [2.45, 2.75) is 62.0 Å². The maximum Gasteiger partial charge on any atom is 0.175 e. The molecule has 0 aromatic heterocycles. The van der Waals surface area contributed by atoms with Crippen molar-refractivity contribution in [1.82, 2.24) is 4.90 Å². The molecule has 0 aliphatic heterocycles. The molecule has 0 saturated heterocycles. The molecule has 0 amide bonds. The van der Waals surface area contributed by atoms with Gasteiger partial charge in [0.25, 0.3) is 0 Å². The molecule has 5 heteroatoms. The van der Waals surface area contributed by atoms with E-state index < -0.39 is 15.9 Å². The molecule has 1 atom stereocenters. The third kappa shape index (κ3) is 5.59. The molecule has 1 unspecified atom stereocenters. The first kappa shape index (κ1) is 18.4. The summed E-state index contributed by atoms with van der Waals surface area (Å²) >= 11 is 0. The summed E-state index contributed by atoms with van der Waals surface area (Å²) in [5.41, 5.74) is 0.773. The molecule has 1 aromatic rings. The second-order valence-electron chi connectivity index (χ2n) is 6.80. The van der Waals surface area contributed by atoms with Crippen molar-refractivity contribution in [3.8, 4) is 0 Å². The minimum atomic E-state index is -3.19. The van der Waals surface area contributed by atoms with Gasteiger partial charge in [-0.2, -0.15) is 0 Å². The lowest BCUT2D eigenvalue weighted by Crippen LogP contribution is -2.35. The Kier molecular flexibility index (Phi) is 6.62. The lowest BCUT2D eigenvalue weighted by atomic mass is 9.95. The van der Waals surface area contributed by atoms with Gasteiger partial charge in [-0.1, -0.05) is 44.2 Å². The monoisotopic (exact) mass is 339 g/mol. The zero-order chi connectivity index (χ0) is 16.9. The van der Waals surface area contributed by atoms with Crippen LogP contribution in [0.2, 0.25) is 0 Å². The van der Waals surface area contributed by atoms with Crippen LogP contribution >= 0.6 is 0 Å². The molecule has 0 spiro atoms. The molecule has 1 fully saturated rings. The minimum absolute atomic E-state index is 0.293. The molecule has 1 aliphatic rings. The molecular weight excluding hydrogens is 310 g/mol. The Bertz CT molecular complexity index is 575. The fourth-order valence-electron chi connectivity index (χ4n) is 3.34. The van der Waals surface area contributed by atoms with Gasteiger partial charge in [-0.05, 0) is 37.6 Å². The van der Waals surface area contributed by atoms with Crippen LogP contribution in [0.5, 0.6) is 0 Å². The molecule has 1 saturated carbocycles. The van der Waals surface area contributed by atoms with E-state index in [4.69, 9.17) is 0 Å². The summed E-state index contributed by atoms with van der Waals surface area (Å²) in [5, 5.41) is 10.5. The lowest BCUT2D eigenvalue weighted by molar-refractivity contribution is 0.0950. The predicted molar refractivity (Wildman–Crippen MR) is 93.2 cm³/mol. The van der Waals surface area contributed by atoms with Gasteiger partial charge in [-0.25, -0.2) is 8.42 Å². The van der Waals surface area contributed by atoms with Gasteiger partial charge in [0.05, 0.1) is 11.0 Å². The summed E-state index contributed by atoms with van der Waals surface area (Å²) in [7, 11) is -1.10. The Labute approximate surface area is 140 Å². The predicted octanol–water partition coefficient (Wildman–Crippen LogP) is 3.17. The van der Waals surface area contributed by atoms with Gasteiger partial charge in [0, 0.05) is 18.8 Å². The van der Waals surface area contributed by atoms with Crippen LogP contribution in [0.1, 0.15) is 56.6 Å². The van der Waals surface area contributed by atoms with Crippen molar-refractivity contribution >= 4 is 9.84 Å². The van der Waals surface area contributed by atoms with Gasteiger partial charge >= 0.3 is 0 Å². The van der Waals surface area contributed by atoms with Crippen LogP contribution in [0.15, 0.2) is 29.2 Å². The first-order valence-corrected chi connectivity index (χ1v) is 10.5. The Morgan fingerprint density at radius 3 is 2.13 bits per heavy atom. The molecule has 4 nitrogen and oxygen atoms in total. The summed E-state index contributed by atoms with van der Waals surface area (Å²) in [6, 6.07) is 7.12. The first-order valence-electron chi connectivity index (χ1n) is 8.56. The van der Waals surface area contributed by atoms with Crippen molar-refractivity contribution < 1.29 is 13.5 Å². The summed E-state index contributed by atoms with van der Waals surface area (Å²) in [6.07, 6.45) is 9.56. The highest BCUT2D eigenvalue weighted by atomic mass is 32.2. The molecule has 0 heterocycles. The highest BCUT2D eigenvalue weighted by molar-refractivity contribution is 7.90. The number of sulfone groups is 1. The second-order valence-corrected chi connectivity index (χ2v) is 8.81. The average Bonchev–Trinajstić information content (AvgIpc) is 2.46. The molecule has 2 rings (SSSR count). The van der Waals surface area contributed by atoms with E-state index in [1.165, 1.54) is 51.2 Å². The minimum Gasteiger partial charge on any atom is -0.387 e. The van der Waals surface area contributed by atoms with Gasteiger partial charge in [0.15, 0.2) is 9.84 Å². The number of aliphatic hydroxyl groups excluding tert-OH is 1. The quantitative estimate of drug-likeness (QED) is 0.895. The Morgan fingerprint density at radius 2 is 1.61 bits per heavy atom. The fourth-order valence-corrected chi connectivity index (χ4v) is 3.97.